The van der Waals surface area contributed by atoms with Crippen molar-refractivity contribution in [2.24, 2.45) is 0 Å². The monoisotopic (exact) mass is 273 g/mol. The fraction of sp³-hybridized carbons (Fsp3) is 0.0714. The number of ether oxygens (including phenoxy) is 1. The van der Waals surface area contributed by atoms with Crippen molar-refractivity contribution in [1.29, 1.82) is 0 Å². The average Bonchev–Trinajstić information content (AvgIpc) is 2.46. The molecule has 0 saturated carbocycles. The molecule has 2 aromatic carbocycles. The van der Waals surface area contributed by atoms with Crippen LogP contribution in [0.25, 0.3) is 0 Å². The number of rotatable bonds is 4. The van der Waals surface area contributed by atoms with Gasteiger partial charge in [-0.2, -0.15) is 0 Å². The Morgan fingerprint density at radius 3 is 2.55 bits per heavy atom. The zero-order chi connectivity index (χ0) is 14.5. The van der Waals surface area contributed by atoms with Gasteiger partial charge in [0.05, 0.1) is 10.5 Å². The van der Waals surface area contributed by atoms with E-state index >= 15 is 0 Å². The zero-order valence-electron chi connectivity index (χ0n) is 10.4. The third kappa shape index (κ3) is 3.11. The van der Waals surface area contributed by atoms with Crippen molar-refractivity contribution >= 4 is 11.7 Å². The number of hydrogen-bond acceptors (Lipinski definition) is 5. The van der Waals surface area contributed by atoms with Gasteiger partial charge in [0, 0.05) is 17.7 Å². The molecule has 2 rings (SSSR count). The van der Waals surface area contributed by atoms with E-state index in [1.54, 1.807) is 30.3 Å². The van der Waals surface area contributed by atoms with Gasteiger partial charge in [-0.15, -0.1) is 0 Å². The molecule has 6 heteroatoms. The second-order valence-corrected chi connectivity index (χ2v) is 4.01. The van der Waals surface area contributed by atoms with Gasteiger partial charge in [0.25, 0.3) is 5.69 Å². The lowest BCUT2D eigenvalue weighted by Crippen LogP contribution is -2.05. The lowest BCUT2D eigenvalue weighted by atomic mass is 10.2. The van der Waals surface area contributed by atoms with E-state index in [9.17, 15) is 20.0 Å². The minimum Gasteiger partial charge on any atom is -0.508 e. The minimum atomic E-state index is -0.581. The van der Waals surface area contributed by atoms with Crippen molar-refractivity contribution in [3.05, 3.63) is 69.8 Å². The summed E-state index contributed by atoms with van der Waals surface area (Å²) in [6.07, 6.45) is 0. The molecule has 6 nitrogen and oxygen atoms in total. The Labute approximate surface area is 114 Å². The maximum absolute atomic E-state index is 11.7. The molecule has 0 bridgehead atoms. The van der Waals surface area contributed by atoms with Crippen LogP contribution < -0.4 is 0 Å². The Morgan fingerprint density at radius 2 is 1.90 bits per heavy atom. The standard InChI is InChI=1S/C14H11NO5/c16-13-7-6-12(15(18)19)8-11(13)9-20-14(17)10-4-2-1-3-5-10/h1-8,16H,9H2. The molecule has 0 amide bonds. The lowest BCUT2D eigenvalue weighted by Gasteiger charge is -2.06. The summed E-state index contributed by atoms with van der Waals surface area (Å²) < 4.78 is 5.01. The molecule has 0 unspecified atom stereocenters. The highest BCUT2D eigenvalue weighted by molar-refractivity contribution is 5.89. The number of carbonyl (C=O) groups is 1. The van der Waals surface area contributed by atoms with Crippen LogP contribution >= 0.6 is 0 Å². The summed E-state index contributed by atoms with van der Waals surface area (Å²) >= 11 is 0. The molecule has 0 aliphatic heterocycles. The Morgan fingerprint density at radius 1 is 1.20 bits per heavy atom. The summed E-state index contributed by atoms with van der Waals surface area (Å²) in [5.41, 5.74) is 0.384. The van der Waals surface area contributed by atoms with Gasteiger partial charge >= 0.3 is 5.97 Å². The zero-order valence-corrected chi connectivity index (χ0v) is 10.4. The van der Waals surface area contributed by atoms with Crippen LogP contribution in [0.4, 0.5) is 5.69 Å². The molecule has 0 heterocycles. The Hall–Kier alpha value is -2.89. The number of non-ortho nitro benzene ring substituents is 1. The molecule has 0 saturated heterocycles. The van der Waals surface area contributed by atoms with Gasteiger partial charge in [-0.1, -0.05) is 18.2 Å². The van der Waals surface area contributed by atoms with E-state index in [0.717, 1.165) is 0 Å². The van der Waals surface area contributed by atoms with Crippen LogP contribution in [0.2, 0.25) is 0 Å². The number of aromatic hydroxyl groups is 1. The van der Waals surface area contributed by atoms with E-state index in [-0.39, 0.29) is 23.6 Å². The lowest BCUT2D eigenvalue weighted by molar-refractivity contribution is -0.385. The van der Waals surface area contributed by atoms with E-state index in [1.165, 1.54) is 18.2 Å². The number of benzene rings is 2. The average molecular weight is 273 g/mol. The molecular formula is C14H11NO5. The third-order valence-corrected chi connectivity index (χ3v) is 2.64. The summed E-state index contributed by atoms with van der Waals surface area (Å²) in [6, 6.07) is 11.9. The number of hydrogen-bond donors (Lipinski definition) is 1. The van der Waals surface area contributed by atoms with Crippen molar-refractivity contribution in [1.82, 2.24) is 0 Å². The fourth-order valence-corrected chi connectivity index (χ4v) is 1.60. The molecule has 20 heavy (non-hydrogen) atoms. The normalized spacial score (nSPS) is 10.0. The summed E-state index contributed by atoms with van der Waals surface area (Å²) in [5, 5.41) is 20.2. The number of carbonyl (C=O) groups excluding carboxylic acids is 1. The smallest absolute Gasteiger partial charge is 0.338 e. The summed E-state index contributed by atoms with van der Waals surface area (Å²) in [4.78, 5) is 21.8. The first-order valence-electron chi connectivity index (χ1n) is 5.76. The number of nitrogens with zero attached hydrogens (tertiary/aromatic N) is 1. The molecular weight excluding hydrogens is 262 g/mol. The predicted molar refractivity (Wildman–Crippen MR) is 70.3 cm³/mol. The first-order chi connectivity index (χ1) is 9.58. The third-order valence-electron chi connectivity index (χ3n) is 2.64. The second kappa shape index (κ2) is 5.83. The molecule has 0 aliphatic carbocycles. The fourth-order valence-electron chi connectivity index (χ4n) is 1.60. The summed E-state index contributed by atoms with van der Waals surface area (Å²) in [7, 11) is 0. The molecule has 0 spiro atoms. The van der Waals surface area contributed by atoms with Gasteiger partial charge < -0.3 is 9.84 Å². The molecule has 0 radical (unpaired) electrons. The van der Waals surface area contributed by atoms with Gasteiger partial charge in [0.1, 0.15) is 12.4 Å². The van der Waals surface area contributed by atoms with Crippen LogP contribution in [-0.2, 0) is 11.3 Å². The van der Waals surface area contributed by atoms with Crippen LogP contribution in [0.5, 0.6) is 5.75 Å². The molecule has 0 aromatic heterocycles. The summed E-state index contributed by atoms with van der Waals surface area (Å²) in [6.45, 7) is -0.235. The van der Waals surface area contributed by atoms with Crippen LogP contribution in [-0.4, -0.2) is 16.0 Å². The Kier molecular flexibility index (Phi) is 3.95. The second-order valence-electron chi connectivity index (χ2n) is 4.01. The quantitative estimate of drug-likeness (QED) is 0.525. The van der Waals surface area contributed by atoms with Crippen molar-refractivity contribution in [2.45, 2.75) is 6.61 Å². The van der Waals surface area contributed by atoms with Crippen LogP contribution in [0.15, 0.2) is 48.5 Å². The van der Waals surface area contributed by atoms with Crippen LogP contribution in [0, 0.1) is 10.1 Å². The van der Waals surface area contributed by atoms with Crippen LogP contribution in [0.3, 0.4) is 0 Å². The SMILES string of the molecule is O=C(OCc1cc([N+](=O)[O-])ccc1O)c1ccccc1. The van der Waals surface area contributed by atoms with E-state index in [1.807, 2.05) is 0 Å². The highest BCUT2D eigenvalue weighted by atomic mass is 16.6. The number of phenols is 1. The van der Waals surface area contributed by atoms with Gasteiger partial charge in [-0.3, -0.25) is 10.1 Å². The maximum Gasteiger partial charge on any atom is 0.338 e. The largest absolute Gasteiger partial charge is 0.508 e. The van der Waals surface area contributed by atoms with E-state index in [0.29, 0.717) is 5.56 Å². The molecule has 0 aliphatic rings. The van der Waals surface area contributed by atoms with E-state index < -0.39 is 10.9 Å². The number of phenolic OH excluding ortho intramolecular Hbond substituents is 1. The Bertz CT molecular complexity index is 639. The molecule has 0 fully saturated rings. The predicted octanol–water partition coefficient (Wildman–Crippen LogP) is 2.66. The topological polar surface area (TPSA) is 89.7 Å². The number of esters is 1. The first-order valence-corrected chi connectivity index (χ1v) is 5.76. The van der Waals surface area contributed by atoms with Gasteiger partial charge in [0.15, 0.2) is 0 Å². The first kappa shape index (κ1) is 13.5. The molecule has 0 atom stereocenters. The van der Waals surface area contributed by atoms with Crippen LogP contribution in [0.1, 0.15) is 15.9 Å². The van der Waals surface area contributed by atoms with Crippen molar-refractivity contribution < 1.29 is 19.6 Å². The number of nitro benzene ring substituents is 1. The number of nitro groups is 1. The minimum absolute atomic E-state index is 0.156. The van der Waals surface area contributed by atoms with Gasteiger partial charge in [-0.25, -0.2) is 4.79 Å². The maximum atomic E-state index is 11.7. The Balaban J connectivity index is 2.09. The van der Waals surface area contributed by atoms with Crippen molar-refractivity contribution in [3.8, 4) is 5.75 Å². The van der Waals surface area contributed by atoms with E-state index in [2.05, 4.69) is 0 Å². The van der Waals surface area contributed by atoms with Crippen molar-refractivity contribution in [3.63, 3.8) is 0 Å². The molecule has 102 valence electrons. The highest BCUT2D eigenvalue weighted by Crippen LogP contribution is 2.23. The highest BCUT2D eigenvalue weighted by Gasteiger charge is 2.13. The summed E-state index contributed by atoms with van der Waals surface area (Å²) in [5.74, 6) is -0.715. The van der Waals surface area contributed by atoms with Gasteiger partial charge in [0.2, 0.25) is 0 Å². The van der Waals surface area contributed by atoms with Gasteiger partial charge in [-0.05, 0) is 18.2 Å². The van der Waals surface area contributed by atoms with Crippen molar-refractivity contribution in [2.75, 3.05) is 0 Å². The molecule has 2 aromatic rings. The molecule has 1 N–H and O–H groups in total. The van der Waals surface area contributed by atoms with E-state index in [4.69, 9.17) is 4.74 Å².